The van der Waals surface area contributed by atoms with Crippen molar-refractivity contribution in [3.8, 4) is 0 Å². The molecule has 0 saturated carbocycles. The zero-order chi connectivity index (χ0) is 16.8. The van der Waals surface area contributed by atoms with Crippen molar-refractivity contribution in [1.29, 1.82) is 0 Å². The molecule has 2 aliphatic heterocycles. The van der Waals surface area contributed by atoms with Crippen molar-refractivity contribution >= 4 is 19.8 Å². The van der Waals surface area contributed by atoms with Gasteiger partial charge < -0.3 is 14.3 Å². The van der Waals surface area contributed by atoms with Gasteiger partial charge in [0, 0.05) is 0 Å². The Balaban J connectivity index is 1.84. The number of aromatic nitrogens is 2. The fourth-order valence-electron chi connectivity index (χ4n) is 4.61. The second-order valence-corrected chi connectivity index (χ2v) is 7.76. The molecular formula is C16H31B2N5. The summed E-state index contributed by atoms with van der Waals surface area (Å²) in [6.45, 7) is 13.6. The molecule has 0 N–H and O–H groups in total. The first-order chi connectivity index (χ1) is 10.9. The summed E-state index contributed by atoms with van der Waals surface area (Å²) in [5, 5.41) is 4.61. The third kappa shape index (κ3) is 2.52. The van der Waals surface area contributed by atoms with Crippen molar-refractivity contribution in [2.24, 2.45) is 0 Å². The van der Waals surface area contributed by atoms with E-state index in [1.165, 1.54) is 38.0 Å². The fraction of sp³-hybridized carbons (Fsp3) is 0.812. The molecule has 0 aliphatic carbocycles. The van der Waals surface area contributed by atoms with Gasteiger partial charge in [-0.1, -0.05) is 39.8 Å². The molecule has 0 amide bonds. The van der Waals surface area contributed by atoms with Crippen molar-refractivity contribution in [3.05, 3.63) is 12.3 Å². The highest BCUT2D eigenvalue weighted by molar-refractivity contribution is 6.73. The van der Waals surface area contributed by atoms with Crippen LogP contribution in [0.25, 0.3) is 0 Å². The van der Waals surface area contributed by atoms with E-state index >= 15 is 0 Å². The molecule has 1 aromatic heterocycles. The van der Waals surface area contributed by atoms with E-state index in [-0.39, 0.29) is 5.54 Å². The summed E-state index contributed by atoms with van der Waals surface area (Å²) in [4.78, 5) is 5.08. The van der Waals surface area contributed by atoms with Crippen LogP contribution in [0.15, 0.2) is 12.3 Å². The van der Waals surface area contributed by atoms with Gasteiger partial charge in [0.25, 0.3) is 6.98 Å². The van der Waals surface area contributed by atoms with E-state index in [0.717, 1.165) is 0 Å². The lowest BCUT2D eigenvalue weighted by molar-refractivity contribution is 0.190. The SMILES string of the molecule is CCCCCCN1B(C)N(C)C2N(B1C)c1ccnn1C2(C)C. The third-order valence-electron chi connectivity index (χ3n) is 5.94. The van der Waals surface area contributed by atoms with Crippen LogP contribution in [0, 0.1) is 0 Å². The zero-order valence-corrected chi connectivity index (χ0v) is 15.7. The summed E-state index contributed by atoms with van der Waals surface area (Å²) in [5.74, 6) is 1.25. The van der Waals surface area contributed by atoms with Crippen LogP contribution in [0.2, 0.25) is 13.6 Å². The molecule has 3 rings (SSSR count). The zero-order valence-electron chi connectivity index (χ0n) is 15.7. The minimum atomic E-state index is -0.00952. The largest absolute Gasteiger partial charge is 0.370 e. The predicted molar refractivity (Wildman–Crippen MR) is 99.7 cm³/mol. The Bertz CT molecular complexity index is 546. The van der Waals surface area contributed by atoms with E-state index in [1.807, 2.05) is 6.20 Å². The minimum Gasteiger partial charge on any atom is -0.370 e. The lowest BCUT2D eigenvalue weighted by atomic mass is 9.56. The Labute approximate surface area is 142 Å². The molecule has 1 atom stereocenters. The Morgan fingerprint density at radius 1 is 1.17 bits per heavy atom. The normalized spacial score (nSPS) is 24.3. The molecule has 0 bridgehead atoms. The van der Waals surface area contributed by atoms with E-state index in [4.69, 9.17) is 0 Å². The number of nitrogens with zero attached hydrogens (tertiary/aromatic N) is 5. The molecule has 7 heteroatoms. The fourth-order valence-corrected chi connectivity index (χ4v) is 4.61. The predicted octanol–water partition coefficient (Wildman–Crippen LogP) is 2.83. The third-order valence-corrected chi connectivity index (χ3v) is 5.94. The molecule has 1 saturated heterocycles. The quantitative estimate of drug-likeness (QED) is 0.617. The van der Waals surface area contributed by atoms with E-state index in [9.17, 15) is 0 Å². The Morgan fingerprint density at radius 3 is 2.61 bits per heavy atom. The molecule has 1 aromatic rings. The van der Waals surface area contributed by atoms with Crippen LogP contribution in [0.4, 0.5) is 5.82 Å². The first-order valence-corrected chi connectivity index (χ1v) is 9.21. The first-order valence-electron chi connectivity index (χ1n) is 9.21. The topological polar surface area (TPSA) is 27.5 Å². The van der Waals surface area contributed by atoms with Gasteiger partial charge in [0.1, 0.15) is 5.82 Å². The van der Waals surface area contributed by atoms with Gasteiger partial charge in [-0.05, 0) is 39.9 Å². The van der Waals surface area contributed by atoms with Gasteiger partial charge in [0.2, 0.25) is 0 Å². The van der Waals surface area contributed by atoms with Gasteiger partial charge in [-0.2, -0.15) is 5.10 Å². The van der Waals surface area contributed by atoms with Gasteiger partial charge in [-0.3, -0.25) is 0 Å². The summed E-state index contributed by atoms with van der Waals surface area (Å²) in [6, 6.07) is 2.16. The molecule has 5 nitrogen and oxygen atoms in total. The average Bonchev–Trinajstić information content (AvgIpc) is 3.06. The number of likely N-dealkylation sites (N-methyl/N-ethyl adjacent to an activating group) is 1. The van der Waals surface area contributed by atoms with Crippen LogP contribution in [0.3, 0.4) is 0 Å². The van der Waals surface area contributed by atoms with Gasteiger partial charge in [-0.25, -0.2) is 4.68 Å². The smallest absolute Gasteiger partial charge is 0.331 e. The maximum atomic E-state index is 4.61. The second-order valence-electron chi connectivity index (χ2n) is 7.76. The summed E-state index contributed by atoms with van der Waals surface area (Å²) in [5.41, 5.74) is -0.00952. The standard InChI is InChI=1S/C16H31B2N5/c1-7-8-9-10-13-21-17(4)20(6)15-16(2,3)23-14(11-12-19-23)22(15)18(21)5/h11-12,15H,7-10,13H2,1-6H3. The number of anilines is 1. The van der Waals surface area contributed by atoms with Crippen LogP contribution in [-0.4, -0.2) is 53.0 Å². The first kappa shape index (κ1) is 16.9. The molecule has 0 radical (unpaired) electrons. The number of unbranched alkanes of at least 4 members (excludes halogenated alkanes) is 3. The van der Waals surface area contributed by atoms with Crippen molar-refractivity contribution in [1.82, 2.24) is 19.3 Å². The lowest BCUT2D eigenvalue weighted by Gasteiger charge is -2.53. The summed E-state index contributed by atoms with van der Waals surface area (Å²) in [7, 11) is 2.27. The molecule has 3 heterocycles. The Kier molecular flexibility index (Phi) is 4.53. The summed E-state index contributed by atoms with van der Waals surface area (Å²) < 4.78 is 4.85. The highest BCUT2D eigenvalue weighted by Crippen LogP contribution is 2.43. The summed E-state index contributed by atoms with van der Waals surface area (Å²) in [6.07, 6.45) is 7.57. The second kappa shape index (κ2) is 6.17. The average molecular weight is 315 g/mol. The van der Waals surface area contributed by atoms with E-state index in [2.05, 4.69) is 71.7 Å². The van der Waals surface area contributed by atoms with Crippen molar-refractivity contribution in [2.45, 2.75) is 71.8 Å². The number of fused-ring (bicyclic) bond motifs is 3. The molecule has 0 spiro atoms. The Morgan fingerprint density at radius 2 is 1.91 bits per heavy atom. The van der Waals surface area contributed by atoms with Crippen LogP contribution < -0.4 is 4.81 Å². The minimum absolute atomic E-state index is 0.00952. The molecule has 23 heavy (non-hydrogen) atoms. The van der Waals surface area contributed by atoms with Gasteiger partial charge >= 0.3 is 6.98 Å². The molecule has 2 aliphatic rings. The van der Waals surface area contributed by atoms with E-state index in [1.54, 1.807) is 0 Å². The van der Waals surface area contributed by atoms with Crippen molar-refractivity contribution < 1.29 is 0 Å². The number of hydrogen-bond donors (Lipinski definition) is 0. The monoisotopic (exact) mass is 315 g/mol. The van der Waals surface area contributed by atoms with Crippen LogP contribution in [-0.2, 0) is 5.54 Å². The Hall–Kier alpha value is -0.940. The number of hydrogen-bond acceptors (Lipinski definition) is 4. The summed E-state index contributed by atoms with van der Waals surface area (Å²) >= 11 is 0. The van der Waals surface area contributed by atoms with Gasteiger partial charge in [0.15, 0.2) is 0 Å². The highest BCUT2D eigenvalue weighted by atomic mass is 15.6. The molecule has 1 unspecified atom stereocenters. The van der Waals surface area contributed by atoms with Crippen LogP contribution in [0.1, 0.15) is 46.5 Å². The van der Waals surface area contributed by atoms with Gasteiger partial charge in [0.05, 0.1) is 17.9 Å². The lowest BCUT2D eigenvalue weighted by Crippen LogP contribution is -2.75. The van der Waals surface area contributed by atoms with Gasteiger partial charge in [-0.15, -0.1) is 0 Å². The molecule has 126 valence electrons. The molecular weight excluding hydrogens is 284 g/mol. The van der Waals surface area contributed by atoms with Crippen molar-refractivity contribution in [2.75, 3.05) is 18.4 Å². The maximum absolute atomic E-state index is 4.61. The van der Waals surface area contributed by atoms with Crippen molar-refractivity contribution in [3.63, 3.8) is 0 Å². The molecule has 1 fully saturated rings. The molecule has 0 aromatic carbocycles. The highest BCUT2D eigenvalue weighted by Gasteiger charge is 2.56. The maximum Gasteiger partial charge on any atom is 0.331 e. The van der Waals surface area contributed by atoms with E-state index in [0.29, 0.717) is 20.1 Å². The van der Waals surface area contributed by atoms with E-state index < -0.39 is 0 Å². The van der Waals surface area contributed by atoms with Crippen LogP contribution >= 0.6 is 0 Å². The number of rotatable bonds is 5. The van der Waals surface area contributed by atoms with Crippen LogP contribution in [0.5, 0.6) is 0 Å².